The Hall–Kier alpha value is -3.14. The van der Waals surface area contributed by atoms with Crippen molar-refractivity contribution in [3.05, 3.63) is 84.2 Å². The second kappa shape index (κ2) is 6.32. The molecule has 0 aliphatic carbocycles. The molecule has 2 N–H and O–H groups in total. The van der Waals surface area contributed by atoms with Gasteiger partial charge in [0.1, 0.15) is 11.6 Å². The number of phenolic OH excluding ortho intramolecular Hbond substituents is 1. The number of anilines is 1. The first-order valence-corrected chi connectivity index (χ1v) is 7.09. The fraction of sp³-hybridized carbons (Fsp3) is 0. The van der Waals surface area contributed by atoms with E-state index in [1.165, 1.54) is 24.3 Å². The summed E-state index contributed by atoms with van der Waals surface area (Å²) in [7, 11) is 0. The quantitative estimate of drug-likeness (QED) is 0.751. The van der Waals surface area contributed by atoms with E-state index in [1.54, 1.807) is 36.4 Å². The number of aromatic hydroxyl groups is 1. The topological polar surface area (TPSA) is 49.3 Å². The van der Waals surface area contributed by atoms with Gasteiger partial charge >= 0.3 is 0 Å². The maximum Gasteiger partial charge on any atom is 0.256 e. The summed E-state index contributed by atoms with van der Waals surface area (Å²) in [4.78, 5) is 12.5. The Bertz CT molecular complexity index is 827. The molecule has 3 rings (SSSR count). The standard InChI is InChI=1S/C19H14FNO2/c20-14-7-9-15(10-8-14)21-19(23)18-4-2-1-3-17(18)13-5-11-16(22)12-6-13/h1-12,22H,(H,21,23). The van der Waals surface area contributed by atoms with Crippen LogP contribution in [0.4, 0.5) is 10.1 Å². The van der Waals surface area contributed by atoms with Crippen LogP contribution in [0.1, 0.15) is 10.4 Å². The number of phenols is 1. The first-order chi connectivity index (χ1) is 11.1. The monoisotopic (exact) mass is 307 g/mol. The summed E-state index contributed by atoms with van der Waals surface area (Å²) in [5.41, 5.74) is 2.61. The van der Waals surface area contributed by atoms with Crippen LogP contribution in [0, 0.1) is 5.82 Å². The van der Waals surface area contributed by atoms with Crippen molar-refractivity contribution in [2.75, 3.05) is 5.32 Å². The molecule has 23 heavy (non-hydrogen) atoms. The van der Waals surface area contributed by atoms with E-state index < -0.39 is 0 Å². The average Bonchev–Trinajstić information content (AvgIpc) is 2.58. The third-order valence-corrected chi connectivity index (χ3v) is 3.45. The Kier molecular flexibility index (Phi) is 4.06. The molecule has 0 aromatic heterocycles. The summed E-state index contributed by atoms with van der Waals surface area (Å²) in [6, 6.07) is 19.4. The predicted octanol–water partition coefficient (Wildman–Crippen LogP) is 4.45. The minimum Gasteiger partial charge on any atom is -0.508 e. The number of carbonyl (C=O) groups excluding carboxylic acids is 1. The number of carbonyl (C=O) groups is 1. The van der Waals surface area contributed by atoms with Gasteiger partial charge in [-0.3, -0.25) is 4.79 Å². The molecular formula is C19H14FNO2. The summed E-state index contributed by atoms with van der Waals surface area (Å²) >= 11 is 0. The highest BCUT2D eigenvalue weighted by Gasteiger charge is 2.12. The van der Waals surface area contributed by atoms with Crippen molar-refractivity contribution in [3.63, 3.8) is 0 Å². The summed E-state index contributed by atoms with van der Waals surface area (Å²) < 4.78 is 12.9. The number of amides is 1. The molecule has 0 saturated heterocycles. The SMILES string of the molecule is O=C(Nc1ccc(F)cc1)c1ccccc1-c1ccc(O)cc1. The molecule has 0 radical (unpaired) electrons. The normalized spacial score (nSPS) is 10.3. The Morgan fingerprint density at radius 2 is 1.52 bits per heavy atom. The van der Waals surface area contributed by atoms with Gasteiger partial charge in [-0.1, -0.05) is 30.3 Å². The van der Waals surface area contributed by atoms with Gasteiger partial charge in [-0.25, -0.2) is 4.39 Å². The second-order valence-corrected chi connectivity index (χ2v) is 5.05. The zero-order valence-electron chi connectivity index (χ0n) is 12.2. The van der Waals surface area contributed by atoms with Gasteiger partial charge in [0.15, 0.2) is 0 Å². The number of hydrogen-bond acceptors (Lipinski definition) is 2. The highest BCUT2D eigenvalue weighted by molar-refractivity contribution is 6.08. The second-order valence-electron chi connectivity index (χ2n) is 5.05. The molecule has 4 heteroatoms. The maximum atomic E-state index is 12.9. The Balaban J connectivity index is 1.92. The van der Waals surface area contributed by atoms with E-state index in [0.717, 1.165) is 11.1 Å². The third-order valence-electron chi connectivity index (χ3n) is 3.45. The molecule has 0 fully saturated rings. The van der Waals surface area contributed by atoms with Crippen LogP contribution in [0.5, 0.6) is 5.75 Å². The Labute approximate surface area is 133 Å². The van der Waals surface area contributed by atoms with Gasteiger partial charge in [-0.2, -0.15) is 0 Å². The van der Waals surface area contributed by atoms with Gasteiger partial charge in [0, 0.05) is 11.3 Å². The number of halogens is 1. The highest BCUT2D eigenvalue weighted by Crippen LogP contribution is 2.26. The predicted molar refractivity (Wildman–Crippen MR) is 87.9 cm³/mol. The average molecular weight is 307 g/mol. The largest absolute Gasteiger partial charge is 0.508 e. The van der Waals surface area contributed by atoms with Gasteiger partial charge in [-0.15, -0.1) is 0 Å². The smallest absolute Gasteiger partial charge is 0.256 e. The lowest BCUT2D eigenvalue weighted by molar-refractivity contribution is 0.102. The van der Waals surface area contributed by atoms with Gasteiger partial charge < -0.3 is 10.4 Å². The van der Waals surface area contributed by atoms with Crippen LogP contribution >= 0.6 is 0 Å². The number of nitrogens with one attached hydrogen (secondary N) is 1. The summed E-state index contributed by atoms with van der Waals surface area (Å²) in [6.07, 6.45) is 0. The summed E-state index contributed by atoms with van der Waals surface area (Å²) in [5, 5.41) is 12.1. The van der Waals surface area contributed by atoms with Crippen molar-refractivity contribution in [2.24, 2.45) is 0 Å². The Morgan fingerprint density at radius 1 is 0.870 bits per heavy atom. The number of hydrogen-bond donors (Lipinski definition) is 2. The van der Waals surface area contributed by atoms with Gasteiger partial charge in [0.05, 0.1) is 0 Å². The van der Waals surface area contributed by atoms with Crippen LogP contribution in [0.3, 0.4) is 0 Å². The molecule has 3 nitrogen and oxygen atoms in total. The zero-order valence-corrected chi connectivity index (χ0v) is 12.2. The van der Waals surface area contributed by atoms with Crippen LogP contribution in [0.15, 0.2) is 72.8 Å². The molecule has 0 aliphatic rings. The zero-order chi connectivity index (χ0) is 16.2. The van der Waals surface area contributed by atoms with E-state index in [9.17, 15) is 14.3 Å². The van der Waals surface area contributed by atoms with Crippen LogP contribution in [0.2, 0.25) is 0 Å². The molecule has 0 aliphatic heterocycles. The Morgan fingerprint density at radius 3 is 2.22 bits per heavy atom. The molecule has 0 unspecified atom stereocenters. The minimum absolute atomic E-state index is 0.169. The lowest BCUT2D eigenvalue weighted by Gasteiger charge is -2.10. The van der Waals surface area contributed by atoms with Crippen LogP contribution in [-0.2, 0) is 0 Å². The van der Waals surface area contributed by atoms with Crippen LogP contribution in [-0.4, -0.2) is 11.0 Å². The summed E-state index contributed by atoms with van der Waals surface area (Å²) in [6.45, 7) is 0. The molecule has 0 heterocycles. The number of rotatable bonds is 3. The fourth-order valence-electron chi connectivity index (χ4n) is 2.31. The van der Waals surface area contributed by atoms with Gasteiger partial charge in [-0.05, 0) is 53.6 Å². The molecule has 3 aromatic carbocycles. The first kappa shape index (κ1) is 14.8. The van der Waals surface area contributed by atoms with Crippen molar-refractivity contribution in [3.8, 4) is 16.9 Å². The molecular weight excluding hydrogens is 293 g/mol. The molecule has 0 bridgehead atoms. The first-order valence-electron chi connectivity index (χ1n) is 7.09. The van der Waals surface area contributed by atoms with Gasteiger partial charge in [0.2, 0.25) is 0 Å². The van der Waals surface area contributed by atoms with Gasteiger partial charge in [0.25, 0.3) is 5.91 Å². The molecule has 3 aromatic rings. The van der Waals surface area contributed by atoms with E-state index in [2.05, 4.69) is 5.32 Å². The molecule has 114 valence electrons. The van der Waals surface area contributed by atoms with E-state index in [1.807, 2.05) is 12.1 Å². The van der Waals surface area contributed by atoms with E-state index >= 15 is 0 Å². The van der Waals surface area contributed by atoms with E-state index in [4.69, 9.17) is 0 Å². The van der Waals surface area contributed by atoms with Crippen LogP contribution in [0.25, 0.3) is 11.1 Å². The van der Waals surface area contributed by atoms with Crippen molar-refractivity contribution in [1.82, 2.24) is 0 Å². The molecule has 0 spiro atoms. The van der Waals surface area contributed by atoms with Crippen molar-refractivity contribution in [1.29, 1.82) is 0 Å². The molecule has 1 amide bonds. The third kappa shape index (κ3) is 3.37. The van der Waals surface area contributed by atoms with Crippen LogP contribution < -0.4 is 5.32 Å². The molecule has 0 atom stereocenters. The lowest BCUT2D eigenvalue weighted by Crippen LogP contribution is -2.13. The number of benzene rings is 3. The minimum atomic E-state index is -0.354. The fourth-order valence-corrected chi connectivity index (χ4v) is 2.31. The highest BCUT2D eigenvalue weighted by atomic mass is 19.1. The van der Waals surface area contributed by atoms with Crippen molar-refractivity contribution >= 4 is 11.6 Å². The van der Waals surface area contributed by atoms with E-state index in [0.29, 0.717) is 11.3 Å². The van der Waals surface area contributed by atoms with Crippen molar-refractivity contribution in [2.45, 2.75) is 0 Å². The summed E-state index contributed by atoms with van der Waals surface area (Å²) in [5.74, 6) is -0.463. The van der Waals surface area contributed by atoms with E-state index in [-0.39, 0.29) is 17.5 Å². The maximum absolute atomic E-state index is 12.9. The van der Waals surface area contributed by atoms with Crippen molar-refractivity contribution < 1.29 is 14.3 Å². The molecule has 0 saturated carbocycles. The lowest BCUT2D eigenvalue weighted by atomic mass is 9.99.